The summed E-state index contributed by atoms with van der Waals surface area (Å²) in [6.45, 7) is 3.72. The van der Waals surface area contributed by atoms with Gasteiger partial charge in [0, 0.05) is 38.1 Å². The predicted octanol–water partition coefficient (Wildman–Crippen LogP) is 1.89. The van der Waals surface area contributed by atoms with Crippen LogP contribution in [0.1, 0.15) is 48.0 Å². The van der Waals surface area contributed by atoms with Crippen molar-refractivity contribution in [1.29, 1.82) is 0 Å². The highest BCUT2D eigenvalue weighted by atomic mass is 19.1. The van der Waals surface area contributed by atoms with Crippen LogP contribution in [0.5, 0.6) is 0 Å². The Kier molecular flexibility index (Phi) is 12.9. The van der Waals surface area contributed by atoms with E-state index < -0.39 is 0 Å². The fourth-order valence-corrected chi connectivity index (χ4v) is 3.46. The van der Waals surface area contributed by atoms with E-state index in [1.807, 2.05) is 12.1 Å². The first-order valence-corrected chi connectivity index (χ1v) is 13.0. The average Bonchev–Trinajstić information content (AvgIpc) is 3.80. The smallest absolute Gasteiger partial charge is 0.251 e. The van der Waals surface area contributed by atoms with Gasteiger partial charge in [-0.05, 0) is 73.7 Å². The molecule has 2 aromatic carbocycles. The number of benzene rings is 2. The molecule has 2 aliphatic rings. The van der Waals surface area contributed by atoms with Crippen LogP contribution in [0.3, 0.4) is 0 Å². The summed E-state index contributed by atoms with van der Waals surface area (Å²) in [5, 5.41) is 3.88. The van der Waals surface area contributed by atoms with Crippen molar-refractivity contribution in [3.63, 3.8) is 0 Å². The molecule has 10 nitrogen and oxygen atoms in total. The first-order valence-electron chi connectivity index (χ1n) is 13.0. The van der Waals surface area contributed by atoms with Gasteiger partial charge in [0.25, 0.3) is 5.91 Å². The van der Waals surface area contributed by atoms with Gasteiger partial charge in [-0.1, -0.05) is 19.1 Å². The highest BCUT2D eigenvalue weighted by Crippen LogP contribution is 2.39. The van der Waals surface area contributed by atoms with E-state index >= 15 is 0 Å². The van der Waals surface area contributed by atoms with Crippen LogP contribution in [0.25, 0.3) is 0 Å². The number of hydrogen-bond donors (Lipinski definition) is 4. The highest BCUT2D eigenvalue weighted by molar-refractivity contribution is 5.97. The maximum absolute atomic E-state index is 12.4. The molecule has 7 N–H and O–H groups in total. The van der Waals surface area contributed by atoms with Crippen molar-refractivity contribution in [2.45, 2.75) is 32.1 Å². The highest BCUT2D eigenvalue weighted by Gasteiger charge is 2.25. The van der Waals surface area contributed by atoms with Gasteiger partial charge in [0.05, 0.1) is 18.8 Å². The van der Waals surface area contributed by atoms with Gasteiger partial charge in [0.15, 0.2) is 0 Å². The molecular formula is C28H40FN7O3. The monoisotopic (exact) mass is 541 g/mol. The first kappa shape index (κ1) is 31.3. The lowest BCUT2D eigenvalue weighted by Gasteiger charge is -2.32. The molecule has 0 spiro atoms. The molecule has 4 rings (SSSR count). The fraction of sp³-hybridized carbons (Fsp3) is 0.393. The number of piperazine rings is 1. The predicted molar refractivity (Wildman–Crippen MR) is 151 cm³/mol. The van der Waals surface area contributed by atoms with E-state index in [4.69, 9.17) is 17.3 Å². The molecule has 3 amide bonds. The summed E-state index contributed by atoms with van der Waals surface area (Å²) in [6.07, 6.45) is 6.44. The summed E-state index contributed by atoms with van der Waals surface area (Å²) < 4.78 is 12.4. The summed E-state index contributed by atoms with van der Waals surface area (Å²) in [6, 6.07) is 13.4. The molecule has 1 saturated carbocycles. The summed E-state index contributed by atoms with van der Waals surface area (Å²) in [5.74, 6) is 5.55. The quantitative estimate of drug-likeness (QED) is 0.309. The second-order valence-electron chi connectivity index (χ2n) is 9.22. The number of likely N-dealkylation sites (N-methyl/N-ethyl adjacent to an activating group) is 1. The second kappa shape index (κ2) is 16.1. The van der Waals surface area contributed by atoms with Crippen LogP contribution in [0.15, 0.2) is 60.9 Å². The number of carbonyl (C=O) groups excluding carboxylic acids is 3. The van der Waals surface area contributed by atoms with Crippen LogP contribution in [0, 0.1) is 5.82 Å². The number of anilines is 1. The molecular weight excluding hydrogens is 501 g/mol. The average molecular weight is 542 g/mol. The summed E-state index contributed by atoms with van der Waals surface area (Å²) in [4.78, 5) is 38.9. The van der Waals surface area contributed by atoms with E-state index in [2.05, 4.69) is 12.2 Å². The van der Waals surface area contributed by atoms with E-state index in [9.17, 15) is 18.8 Å². The number of halogens is 1. The van der Waals surface area contributed by atoms with Gasteiger partial charge in [0.2, 0.25) is 11.8 Å². The molecule has 0 aromatic heterocycles. The number of amides is 3. The molecule has 212 valence electrons. The van der Waals surface area contributed by atoms with Gasteiger partial charge in [-0.2, -0.15) is 0 Å². The minimum atomic E-state index is -0.377. The van der Waals surface area contributed by atoms with Gasteiger partial charge in [-0.15, -0.1) is 0 Å². The normalized spacial score (nSPS) is 14.6. The lowest BCUT2D eigenvalue weighted by Crippen LogP contribution is -2.52. The van der Waals surface area contributed by atoms with Crippen LogP contribution < -0.4 is 27.6 Å². The van der Waals surface area contributed by atoms with E-state index in [0.29, 0.717) is 24.3 Å². The SMILES string of the molecule is CCCN.CN1CCN(C(=O)CNC(=O)c2ccc(N(N)/C=C\N)cc2)CC1=O.Fc1ccc(C2CC2)cc1. The standard InChI is InChI=1S/C16H22N6O3.C9H9F.C3H9N/c1-20-8-9-21(11-15(20)24)14(23)10-19-16(25)12-2-4-13(5-3-12)22(18)7-6-17;10-9-5-3-8(4-6-9)7-1-2-7;1-2-3-4/h2-7H,8-11,17-18H2,1H3,(H,19,25);3-7H,1-2H2;2-4H2,1H3/b7-6-;;. The van der Waals surface area contributed by atoms with Gasteiger partial charge < -0.3 is 26.6 Å². The number of nitrogens with zero attached hydrogens (tertiary/aromatic N) is 3. The zero-order valence-corrected chi connectivity index (χ0v) is 22.7. The molecule has 2 aromatic rings. The Hall–Kier alpha value is -3.96. The molecule has 0 bridgehead atoms. The molecule has 11 heteroatoms. The van der Waals surface area contributed by atoms with Crippen LogP contribution in [-0.4, -0.2) is 67.3 Å². The van der Waals surface area contributed by atoms with Crippen molar-refractivity contribution in [3.8, 4) is 0 Å². The van der Waals surface area contributed by atoms with E-state index in [-0.39, 0.29) is 36.6 Å². The molecule has 1 saturated heterocycles. The fourth-order valence-electron chi connectivity index (χ4n) is 3.46. The summed E-state index contributed by atoms with van der Waals surface area (Å²) in [5.41, 5.74) is 12.6. The first-order chi connectivity index (χ1) is 18.7. The van der Waals surface area contributed by atoms with Crippen LogP contribution in [0.2, 0.25) is 0 Å². The minimum absolute atomic E-state index is 0.0426. The second-order valence-corrected chi connectivity index (χ2v) is 9.22. The molecule has 2 fully saturated rings. The molecule has 0 radical (unpaired) electrons. The van der Waals surface area contributed by atoms with Gasteiger partial charge >= 0.3 is 0 Å². The third kappa shape index (κ3) is 10.7. The largest absolute Gasteiger partial charge is 0.403 e. The zero-order valence-electron chi connectivity index (χ0n) is 22.7. The summed E-state index contributed by atoms with van der Waals surface area (Å²) >= 11 is 0. The van der Waals surface area contributed by atoms with Gasteiger partial charge in [-0.3, -0.25) is 19.4 Å². The number of hydrazine groups is 1. The van der Waals surface area contributed by atoms with E-state index in [1.54, 1.807) is 36.2 Å². The zero-order chi connectivity index (χ0) is 28.8. The molecule has 1 aliphatic heterocycles. The number of rotatable bonds is 7. The Morgan fingerprint density at radius 3 is 2.23 bits per heavy atom. The number of nitrogens with two attached hydrogens (primary N) is 3. The van der Waals surface area contributed by atoms with Crippen molar-refractivity contribution in [3.05, 3.63) is 77.9 Å². The minimum Gasteiger partial charge on any atom is -0.403 e. The molecule has 1 aliphatic carbocycles. The third-order valence-electron chi connectivity index (χ3n) is 6.09. The Labute approximate surface area is 229 Å². The third-order valence-corrected chi connectivity index (χ3v) is 6.09. The molecule has 39 heavy (non-hydrogen) atoms. The number of hydrogen-bond acceptors (Lipinski definition) is 7. The summed E-state index contributed by atoms with van der Waals surface area (Å²) in [7, 11) is 1.70. The van der Waals surface area contributed by atoms with Crippen molar-refractivity contribution in [2.24, 2.45) is 17.3 Å². The molecule has 0 unspecified atom stereocenters. The lowest BCUT2D eigenvalue weighted by molar-refractivity contribution is -0.143. The molecule has 0 atom stereocenters. The Morgan fingerprint density at radius 2 is 1.72 bits per heavy atom. The van der Waals surface area contributed by atoms with Crippen LogP contribution in [0.4, 0.5) is 10.1 Å². The molecule has 1 heterocycles. The lowest BCUT2D eigenvalue weighted by atomic mass is 10.1. The van der Waals surface area contributed by atoms with Crippen molar-refractivity contribution in [2.75, 3.05) is 44.8 Å². The van der Waals surface area contributed by atoms with Crippen LogP contribution >= 0.6 is 0 Å². The van der Waals surface area contributed by atoms with Crippen LogP contribution in [-0.2, 0) is 9.59 Å². The van der Waals surface area contributed by atoms with Crippen molar-refractivity contribution < 1.29 is 18.8 Å². The maximum Gasteiger partial charge on any atom is 0.251 e. The number of nitrogens with one attached hydrogen (secondary N) is 1. The van der Waals surface area contributed by atoms with Crippen molar-refractivity contribution >= 4 is 23.4 Å². The van der Waals surface area contributed by atoms with E-state index in [1.165, 1.54) is 52.8 Å². The Balaban J connectivity index is 0.000000310. The Bertz CT molecular complexity index is 1090. The topological polar surface area (TPSA) is 151 Å². The van der Waals surface area contributed by atoms with E-state index in [0.717, 1.165) is 18.9 Å². The van der Waals surface area contributed by atoms with Crippen molar-refractivity contribution in [1.82, 2.24) is 15.1 Å². The van der Waals surface area contributed by atoms with Gasteiger partial charge in [0.1, 0.15) is 5.82 Å². The maximum atomic E-state index is 12.4. The Morgan fingerprint density at radius 1 is 1.10 bits per heavy atom. The van der Waals surface area contributed by atoms with Gasteiger partial charge in [-0.25, -0.2) is 10.2 Å². The number of carbonyl (C=O) groups is 3.